The molecule has 0 bridgehead atoms. The molecule has 1 aromatic carbocycles. The Labute approximate surface area is 162 Å². The van der Waals surface area contributed by atoms with Crippen LogP contribution in [0, 0.1) is 0 Å². The zero-order valence-corrected chi connectivity index (χ0v) is 16.8. The highest BCUT2D eigenvalue weighted by molar-refractivity contribution is 5.84. The van der Waals surface area contributed by atoms with Gasteiger partial charge in [0.1, 0.15) is 38.5 Å². The molecule has 0 atom stereocenters. The fraction of sp³-hybridized carbons (Fsp3) is 0.600. The molecule has 0 aromatic heterocycles. The lowest BCUT2D eigenvalue weighted by Crippen LogP contribution is -3.28. The van der Waals surface area contributed by atoms with E-state index in [-0.39, 0.29) is 18.4 Å². The van der Waals surface area contributed by atoms with Crippen molar-refractivity contribution in [2.45, 2.75) is 19.9 Å². The van der Waals surface area contributed by atoms with Crippen LogP contribution in [0.5, 0.6) is 5.75 Å². The van der Waals surface area contributed by atoms with E-state index < -0.39 is 0 Å². The van der Waals surface area contributed by atoms with Crippen molar-refractivity contribution in [1.29, 1.82) is 0 Å². The van der Waals surface area contributed by atoms with Crippen LogP contribution >= 0.6 is 0 Å². The molecule has 27 heavy (non-hydrogen) atoms. The Balaban J connectivity index is 1.70. The van der Waals surface area contributed by atoms with Gasteiger partial charge in [-0.05, 0) is 30.7 Å². The zero-order valence-electron chi connectivity index (χ0n) is 16.8. The molecule has 0 unspecified atom stereocenters. The van der Waals surface area contributed by atoms with Gasteiger partial charge in [0.05, 0.1) is 13.7 Å². The predicted octanol–water partition coefficient (Wildman–Crippen LogP) is -2.04. The second kappa shape index (κ2) is 10.9. The third-order valence-electron chi connectivity index (χ3n) is 5.06. The lowest BCUT2D eigenvalue weighted by Gasteiger charge is -2.30. The van der Waals surface area contributed by atoms with Gasteiger partial charge in [-0.15, -0.1) is 0 Å². The number of benzene rings is 1. The van der Waals surface area contributed by atoms with E-state index in [1.165, 1.54) is 15.4 Å². The van der Waals surface area contributed by atoms with Gasteiger partial charge in [-0.2, -0.15) is 0 Å². The maximum atomic E-state index is 12.4. The molecule has 0 spiro atoms. The smallest absolute Gasteiger partial charge is 0.277 e. The van der Waals surface area contributed by atoms with E-state index >= 15 is 0 Å². The molecule has 2 amide bonds. The summed E-state index contributed by atoms with van der Waals surface area (Å²) in [7, 11) is 3.39. The van der Waals surface area contributed by atoms with E-state index in [0.29, 0.717) is 13.1 Å². The number of nitrogens with one attached hydrogen (secondary N) is 3. The average molecular weight is 379 g/mol. The number of ether oxygens (including phenoxy) is 1. The second-order valence-electron chi connectivity index (χ2n) is 7.30. The van der Waals surface area contributed by atoms with Crippen LogP contribution in [-0.4, -0.2) is 76.7 Å². The third-order valence-corrected chi connectivity index (χ3v) is 5.06. The molecule has 1 fully saturated rings. The quantitative estimate of drug-likeness (QED) is 0.464. The summed E-state index contributed by atoms with van der Waals surface area (Å²) in [6, 6.07) is 8.24. The van der Waals surface area contributed by atoms with E-state index in [1.807, 2.05) is 19.1 Å². The van der Waals surface area contributed by atoms with Crippen LogP contribution in [0.2, 0.25) is 0 Å². The number of amides is 2. The first-order chi connectivity index (χ1) is 13.0. The highest BCUT2D eigenvalue weighted by Gasteiger charge is 2.26. The Bertz CT molecular complexity index is 598. The number of nitrogens with zero attached hydrogens (tertiary/aromatic N) is 1. The Morgan fingerprint density at radius 3 is 2.33 bits per heavy atom. The summed E-state index contributed by atoms with van der Waals surface area (Å²) in [5.74, 6) is 0.834. The Kier molecular flexibility index (Phi) is 8.54. The molecule has 7 nitrogen and oxygen atoms in total. The van der Waals surface area contributed by atoms with Gasteiger partial charge >= 0.3 is 0 Å². The van der Waals surface area contributed by atoms with Crippen LogP contribution in [0.15, 0.2) is 24.3 Å². The molecule has 0 aliphatic carbocycles. The van der Waals surface area contributed by atoms with Gasteiger partial charge in [-0.25, -0.2) is 0 Å². The maximum absolute atomic E-state index is 12.4. The fourth-order valence-corrected chi connectivity index (χ4v) is 3.32. The minimum Gasteiger partial charge on any atom is -0.497 e. The summed E-state index contributed by atoms with van der Waals surface area (Å²) >= 11 is 0. The molecule has 0 radical (unpaired) electrons. The van der Waals surface area contributed by atoms with Gasteiger partial charge in [0, 0.05) is 19.2 Å². The SMILES string of the molecule is CCCNC(=O)CN(C)C(=O)C[NH+]1CC[NH+](Cc2ccc(OC)cc2)CC1. The molecule has 1 saturated heterocycles. The van der Waals surface area contributed by atoms with Crippen molar-refractivity contribution in [3.8, 4) is 5.75 Å². The van der Waals surface area contributed by atoms with E-state index in [9.17, 15) is 9.59 Å². The minimum atomic E-state index is -0.0866. The predicted molar refractivity (Wildman–Crippen MR) is 104 cm³/mol. The minimum absolute atomic E-state index is 0.0373. The highest BCUT2D eigenvalue weighted by Crippen LogP contribution is 2.10. The molecule has 2 rings (SSSR count). The van der Waals surface area contributed by atoms with Crippen LogP contribution < -0.4 is 19.9 Å². The molecular formula is C20H34N4O3+2. The number of piperazine rings is 1. The Morgan fingerprint density at radius 1 is 1.11 bits per heavy atom. The van der Waals surface area contributed by atoms with Gasteiger partial charge < -0.3 is 24.8 Å². The van der Waals surface area contributed by atoms with Gasteiger partial charge in [-0.3, -0.25) is 9.59 Å². The van der Waals surface area contributed by atoms with E-state index in [2.05, 4.69) is 17.4 Å². The van der Waals surface area contributed by atoms with Crippen LogP contribution in [0.25, 0.3) is 0 Å². The fourth-order valence-electron chi connectivity index (χ4n) is 3.32. The van der Waals surface area contributed by atoms with Crippen LogP contribution in [-0.2, 0) is 16.1 Å². The zero-order chi connectivity index (χ0) is 19.6. The van der Waals surface area contributed by atoms with Crippen LogP contribution in [0.4, 0.5) is 0 Å². The summed E-state index contributed by atoms with van der Waals surface area (Å²) in [6.45, 7) is 8.34. The van der Waals surface area contributed by atoms with Gasteiger partial charge in [0.2, 0.25) is 5.91 Å². The molecule has 1 aliphatic rings. The summed E-state index contributed by atoms with van der Waals surface area (Å²) in [5.41, 5.74) is 1.31. The first kappa shape index (κ1) is 21.2. The maximum Gasteiger partial charge on any atom is 0.277 e. The largest absolute Gasteiger partial charge is 0.497 e. The molecule has 1 aliphatic heterocycles. The van der Waals surface area contributed by atoms with E-state index in [1.54, 1.807) is 19.1 Å². The molecule has 7 heteroatoms. The first-order valence-corrected chi connectivity index (χ1v) is 9.82. The second-order valence-corrected chi connectivity index (χ2v) is 7.30. The van der Waals surface area contributed by atoms with Gasteiger partial charge in [0.25, 0.3) is 5.91 Å². The first-order valence-electron chi connectivity index (χ1n) is 9.82. The van der Waals surface area contributed by atoms with Crippen molar-refractivity contribution in [2.24, 2.45) is 0 Å². The molecular weight excluding hydrogens is 344 g/mol. The number of likely N-dealkylation sites (N-methyl/N-ethyl adjacent to an activating group) is 1. The van der Waals surface area contributed by atoms with Gasteiger partial charge in [0.15, 0.2) is 6.54 Å². The molecule has 1 heterocycles. The molecule has 0 saturated carbocycles. The van der Waals surface area contributed by atoms with Crippen molar-refractivity contribution < 1.29 is 24.1 Å². The Hall–Kier alpha value is -2.12. The number of carbonyl (C=O) groups excluding carboxylic acids is 2. The van der Waals surface area contributed by atoms with Crippen molar-refractivity contribution in [2.75, 3.05) is 60.0 Å². The van der Waals surface area contributed by atoms with E-state index in [0.717, 1.165) is 44.9 Å². The van der Waals surface area contributed by atoms with Crippen molar-refractivity contribution in [3.05, 3.63) is 29.8 Å². The number of rotatable bonds is 9. The molecule has 3 N–H and O–H groups in total. The van der Waals surface area contributed by atoms with Crippen LogP contribution in [0.1, 0.15) is 18.9 Å². The monoisotopic (exact) mass is 378 g/mol. The highest BCUT2D eigenvalue weighted by atomic mass is 16.5. The third kappa shape index (κ3) is 7.19. The topological polar surface area (TPSA) is 67.5 Å². The number of methoxy groups -OCH3 is 1. The summed E-state index contributed by atoms with van der Waals surface area (Å²) in [5, 5.41) is 2.81. The van der Waals surface area contributed by atoms with E-state index in [4.69, 9.17) is 4.74 Å². The van der Waals surface area contributed by atoms with Crippen molar-refractivity contribution in [3.63, 3.8) is 0 Å². The number of quaternary nitrogens is 2. The number of hydrogen-bond donors (Lipinski definition) is 3. The molecule has 150 valence electrons. The standard InChI is InChI=1S/C20H32N4O3/c1-4-9-21-19(25)15-22(2)20(26)16-24-12-10-23(11-13-24)14-17-5-7-18(27-3)8-6-17/h5-8H,4,9-16H2,1-3H3,(H,21,25)/p+2. The summed E-state index contributed by atoms with van der Waals surface area (Å²) < 4.78 is 5.20. The lowest BCUT2D eigenvalue weighted by atomic mass is 10.2. The molecule has 1 aromatic rings. The number of carbonyl (C=O) groups is 2. The number of hydrogen-bond acceptors (Lipinski definition) is 3. The lowest BCUT2D eigenvalue weighted by molar-refractivity contribution is -1.02. The normalized spacial score (nSPS) is 19.4. The van der Waals surface area contributed by atoms with Crippen LogP contribution in [0.3, 0.4) is 0 Å². The average Bonchev–Trinajstić information content (AvgIpc) is 2.68. The van der Waals surface area contributed by atoms with Crippen molar-refractivity contribution in [1.82, 2.24) is 10.2 Å². The summed E-state index contributed by atoms with van der Waals surface area (Å²) in [6.07, 6.45) is 0.899. The summed E-state index contributed by atoms with van der Waals surface area (Å²) in [4.78, 5) is 28.5. The Morgan fingerprint density at radius 2 is 1.74 bits per heavy atom. The van der Waals surface area contributed by atoms with Gasteiger partial charge in [-0.1, -0.05) is 6.92 Å². The van der Waals surface area contributed by atoms with Crippen molar-refractivity contribution >= 4 is 11.8 Å².